The summed E-state index contributed by atoms with van der Waals surface area (Å²) in [4.78, 5) is 3.58. The van der Waals surface area contributed by atoms with Gasteiger partial charge in [-0.2, -0.15) is 26.3 Å². The molecule has 2 N–H and O–H groups in total. The number of alkyl halides is 6. The van der Waals surface area contributed by atoms with Crippen molar-refractivity contribution in [1.82, 2.24) is 9.55 Å². The van der Waals surface area contributed by atoms with Crippen LogP contribution in [0.25, 0.3) is 5.69 Å². The van der Waals surface area contributed by atoms with Crippen LogP contribution in [0.15, 0.2) is 21.9 Å². The van der Waals surface area contributed by atoms with Crippen molar-refractivity contribution < 1.29 is 26.3 Å². The molecule has 0 atom stereocenters. The molecular formula is C11H4BrCl2F6N3S. The van der Waals surface area contributed by atoms with Gasteiger partial charge in [-0.1, -0.05) is 23.2 Å². The van der Waals surface area contributed by atoms with Crippen LogP contribution in [0, 0.1) is 0 Å². The summed E-state index contributed by atoms with van der Waals surface area (Å²) in [5.41, 5.74) is -0.372. The van der Waals surface area contributed by atoms with Crippen molar-refractivity contribution in [2.75, 3.05) is 5.73 Å². The Morgan fingerprint density at radius 2 is 1.58 bits per heavy atom. The monoisotopic (exact) mass is 473 g/mol. The highest BCUT2D eigenvalue weighted by Gasteiger charge is 2.35. The van der Waals surface area contributed by atoms with E-state index in [-0.39, 0.29) is 10.4 Å². The maximum Gasteiger partial charge on any atom is 0.447 e. The minimum atomic E-state index is -4.69. The lowest BCUT2D eigenvalue weighted by Gasteiger charge is -2.14. The molecule has 0 amide bonds. The first kappa shape index (κ1) is 19.5. The summed E-state index contributed by atoms with van der Waals surface area (Å²) < 4.78 is 76.3. The smallest absolute Gasteiger partial charge is 0.382 e. The number of hydrogen-bond donors (Lipinski definition) is 1. The third-order valence-electron chi connectivity index (χ3n) is 2.62. The van der Waals surface area contributed by atoms with Crippen molar-refractivity contribution in [2.24, 2.45) is 0 Å². The molecule has 1 heterocycles. The fourth-order valence-corrected chi connectivity index (χ4v) is 3.59. The molecule has 3 nitrogen and oxygen atoms in total. The van der Waals surface area contributed by atoms with E-state index in [1.807, 2.05) is 0 Å². The summed E-state index contributed by atoms with van der Waals surface area (Å²) in [6.07, 6.45) is -4.69. The van der Waals surface area contributed by atoms with E-state index in [2.05, 4.69) is 20.9 Å². The fourth-order valence-electron chi connectivity index (χ4n) is 1.73. The molecule has 0 unspecified atom stereocenters. The summed E-state index contributed by atoms with van der Waals surface area (Å²) in [7, 11) is 0. The van der Waals surface area contributed by atoms with Gasteiger partial charge in [0, 0.05) is 11.8 Å². The first-order valence-corrected chi connectivity index (χ1v) is 8.04. The maximum atomic E-state index is 12.7. The van der Waals surface area contributed by atoms with Crippen molar-refractivity contribution >= 4 is 56.7 Å². The molecule has 0 radical (unpaired) electrons. The number of halogens is 9. The molecule has 0 aliphatic heterocycles. The molecule has 132 valence electrons. The molecule has 0 aliphatic rings. The van der Waals surface area contributed by atoms with Crippen molar-refractivity contribution in [2.45, 2.75) is 16.7 Å². The number of hydrogen-bond acceptors (Lipinski definition) is 3. The summed E-state index contributed by atoms with van der Waals surface area (Å²) >= 11 is 14.0. The second-order valence-electron chi connectivity index (χ2n) is 4.24. The van der Waals surface area contributed by atoms with E-state index < -0.39 is 49.9 Å². The first-order valence-electron chi connectivity index (χ1n) is 5.67. The van der Waals surface area contributed by atoms with Crippen molar-refractivity contribution in [3.63, 3.8) is 0 Å². The zero-order valence-electron chi connectivity index (χ0n) is 10.9. The summed E-state index contributed by atoms with van der Waals surface area (Å²) in [5, 5.41) is -1.51. The summed E-state index contributed by atoms with van der Waals surface area (Å²) in [6.45, 7) is 0. The minimum Gasteiger partial charge on any atom is -0.382 e. The van der Waals surface area contributed by atoms with E-state index in [1.165, 1.54) is 0 Å². The maximum absolute atomic E-state index is 12.7. The lowest BCUT2D eigenvalue weighted by Crippen LogP contribution is -2.08. The highest BCUT2D eigenvalue weighted by atomic mass is 79.9. The van der Waals surface area contributed by atoms with Crippen LogP contribution in [0.1, 0.15) is 5.56 Å². The minimum absolute atomic E-state index is 0.199. The number of thioether (sulfide) groups is 1. The number of benzene rings is 1. The number of nitrogens with two attached hydrogens (primary N) is 1. The van der Waals surface area contributed by atoms with Gasteiger partial charge < -0.3 is 5.73 Å². The number of rotatable bonds is 2. The van der Waals surface area contributed by atoms with Crippen molar-refractivity contribution in [1.29, 1.82) is 0 Å². The molecule has 0 saturated carbocycles. The number of nitrogen functional groups attached to an aromatic ring is 1. The average Bonchev–Trinajstić information content (AvgIpc) is 2.62. The van der Waals surface area contributed by atoms with Gasteiger partial charge in [0.05, 0.1) is 21.3 Å². The molecule has 24 heavy (non-hydrogen) atoms. The predicted molar refractivity (Wildman–Crippen MR) is 82.6 cm³/mol. The van der Waals surface area contributed by atoms with Gasteiger partial charge in [0.2, 0.25) is 0 Å². The van der Waals surface area contributed by atoms with Gasteiger partial charge in [-0.3, -0.25) is 4.57 Å². The predicted octanol–water partition coefficient (Wildman–Crippen LogP) is 6.15. The second-order valence-corrected chi connectivity index (χ2v) is 6.82. The third-order valence-corrected chi connectivity index (χ3v) is 4.45. The number of imidazole rings is 1. The molecule has 1 aromatic carbocycles. The molecule has 2 aromatic rings. The molecule has 0 aliphatic carbocycles. The van der Waals surface area contributed by atoms with Gasteiger partial charge in [-0.15, -0.1) is 0 Å². The second kappa shape index (κ2) is 6.50. The quantitative estimate of drug-likeness (QED) is 0.419. The molecular weight excluding hydrogens is 471 g/mol. The van der Waals surface area contributed by atoms with E-state index in [9.17, 15) is 26.3 Å². The molecule has 0 fully saturated rings. The SMILES string of the molecule is Nc1c(SC(F)(F)F)nc(Br)n1-c1c(Cl)cc(C(F)(F)F)cc1Cl. The van der Waals surface area contributed by atoms with E-state index in [4.69, 9.17) is 28.9 Å². The van der Waals surface area contributed by atoms with Crippen LogP contribution >= 0.6 is 50.9 Å². The lowest BCUT2D eigenvalue weighted by molar-refractivity contribution is -0.137. The Balaban J connectivity index is 2.62. The van der Waals surface area contributed by atoms with Crippen LogP contribution in [0.4, 0.5) is 32.2 Å². The average molecular weight is 475 g/mol. The van der Waals surface area contributed by atoms with Gasteiger partial charge in [0.15, 0.2) is 4.73 Å². The summed E-state index contributed by atoms with van der Waals surface area (Å²) in [5.74, 6) is -0.479. The molecule has 13 heteroatoms. The normalized spacial score (nSPS) is 12.7. The van der Waals surface area contributed by atoms with Crippen LogP contribution in [0.5, 0.6) is 0 Å². The standard InChI is InChI=1S/C11H4BrCl2F6N3S/c12-9-22-8(24-11(18,19)20)7(21)23(9)6-4(13)1-3(2-5(6)14)10(15,16)17/h1-2H,21H2. The van der Waals surface area contributed by atoms with Crippen LogP contribution in [0.2, 0.25) is 10.0 Å². The molecule has 0 bridgehead atoms. The topological polar surface area (TPSA) is 43.8 Å². The largest absolute Gasteiger partial charge is 0.447 e. The Bertz CT molecular complexity index is 766. The Kier molecular flexibility index (Phi) is 5.30. The van der Waals surface area contributed by atoms with E-state index >= 15 is 0 Å². The van der Waals surface area contributed by atoms with Crippen molar-refractivity contribution in [3.8, 4) is 5.69 Å². The van der Waals surface area contributed by atoms with Crippen LogP contribution in [0.3, 0.4) is 0 Å². The van der Waals surface area contributed by atoms with Gasteiger partial charge in [-0.05, 0) is 28.1 Å². The zero-order valence-corrected chi connectivity index (χ0v) is 14.9. The Morgan fingerprint density at radius 1 is 1.08 bits per heavy atom. The first-order chi connectivity index (χ1) is 10.8. The Labute approximate surface area is 153 Å². The highest BCUT2D eigenvalue weighted by molar-refractivity contribution is 9.10. The van der Waals surface area contributed by atoms with Gasteiger partial charge in [-0.25, -0.2) is 4.98 Å². The summed E-state index contributed by atoms with van der Waals surface area (Å²) in [6, 6.07) is 1.18. The molecule has 0 saturated heterocycles. The van der Waals surface area contributed by atoms with Crippen LogP contribution < -0.4 is 5.73 Å². The van der Waals surface area contributed by atoms with Gasteiger partial charge in [0.25, 0.3) is 0 Å². The number of nitrogens with zero attached hydrogens (tertiary/aromatic N) is 2. The Hall–Kier alpha value is -0.780. The van der Waals surface area contributed by atoms with Crippen LogP contribution in [-0.4, -0.2) is 15.1 Å². The molecule has 0 spiro atoms. The Morgan fingerprint density at radius 3 is 2.00 bits per heavy atom. The zero-order chi connectivity index (χ0) is 18.4. The van der Waals surface area contributed by atoms with Gasteiger partial charge >= 0.3 is 11.7 Å². The lowest BCUT2D eigenvalue weighted by atomic mass is 10.2. The van der Waals surface area contributed by atoms with E-state index in [0.717, 1.165) is 4.57 Å². The van der Waals surface area contributed by atoms with E-state index in [1.54, 1.807) is 0 Å². The third kappa shape index (κ3) is 4.06. The molecule has 2 rings (SSSR count). The molecule has 1 aromatic heterocycles. The van der Waals surface area contributed by atoms with Crippen LogP contribution in [-0.2, 0) is 6.18 Å². The van der Waals surface area contributed by atoms with Crippen molar-refractivity contribution in [3.05, 3.63) is 32.5 Å². The fraction of sp³-hybridized carbons (Fsp3) is 0.182. The highest BCUT2D eigenvalue weighted by Crippen LogP contribution is 2.44. The van der Waals surface area contributed by atoms with E-state index in [0.29, 0.717) is 12.1 Å². The number of anilines is 1. The number of aromatic nitrogens is 2. The van der Waals surface area contributed by atoms with Gasteiger partial charge in [0.1, 0.15) is 10.8 Å².